The summed E-state index contributed by atoms with van der Waals surface area (Å²) in [6.45, 7) is 26.2. The SMILES string of the molecule is CCCCCCCCCCCCCCCCCCCCC#Cc1cc(C#CCCCCCCCCCCCCCCCCCCCC)cc(C(=C(CCCCCC)C(=C=[N+]=[N-])CCCCCC)c2cc(CCCC)cc(CCCC)c2)c1.[CH2-]CCCCCCCCCCCCCCCCCCCCCCCC.[CH2-]CCCCCCCCCCCCCCCCCCCCCCCC.[Pd+2]. The van der Waals surface area contributed by atoms with Gasteiger partial charge in [-0.2, -0.15) is 12.8 Å². The second-order valence-electron chi connectivity index (χ2n) is 41.9. The Hall–Kier alpha value is -2.88. The predicted molar refractivity (Wildman–Crippen MR) is 601 cm³/mol. The number of unbranched alkanes of at least 4 members (excludes halogenated alkanes) is 88. The molecule has 0 spiro atoms. The summed E-state index contributed by atoms with van der Waals surface area (Å²) in [4.78, 5) is 3.68. The van der Waals surface area contributed by atoms with E-state index in [0.29, 0.717) is 0 Å². The van der Waals surface area contributed by atoms with Crippen LogP contribution < -0.4 is 0 Å². The van der Waals surface area contributed by atoms with Crippen molar-refractivity contribution in [3.05, 3.63) is 100 Å². The van der Waals surface area contributed by atoms with Gasteiger partial charge in [-0.3, -0.25) is 0 Å². The van der Waals surface area contributed by atoms with Crippen molar-refractivity contribution >= 4 is 11.4 Å². The zero-order valence-electron chi connectivity index (χ0n) is 91.8. The van der Waals surface area contributed by atoms with Gasteiger partial charge in [0.05, 0.1) is 5.57 Å². The molecule has 0 fully saturated rings. The molecular weight excluding hydrogens is 1700 g/mol. The van der Waals surface area contributed by atoms with Crippen molar-refractivity contribution < 1.29 is 25.2 Å². The molecule has 0 radical (unpaired) electrons. The number of benzene rings is 2. The van der Waals surface area contributed by atoms with Gasteiger partial charge >= 0.3 is 26.3 Å². The number of nitrogens with zero attached hydrogens (tertiary/aromatic N) is 2. The molecule has 774 valence electrons. The predicted octanol–water partition coefficient (Wildman–Crippen LogP) is 46.1. The number of hydrogen-bond acceptors (Lipinski definition) is 0. The standard InChI is InChI=1S/C80H132N2.2C25H51.Pd/c1-7-13-19-23-25-27-29-31-33-35-37-39-41-43-45-47-49-51-53-55-61-74-66-75(62-56-54-52-50-48-46-44-42-40-38-36-34-32-30-28-26-24-20-14-8-2)70-78(69-74)80(77-67-72(59-17-11-5)65-73(68-77)60-18-12-6)79(64-58-22-16-10-4)76(71-82-81)63-57-21-15-9-3;2*1-3-5-7-9-11-13-15-17-19-21-23-25-24-22-20-18-16-14-12-10-8-6-4-2;/h65-70H,7-54,57-60,63-64H2,1-6H3;2*1,3-25H2,2H3;/q;2*-1;+2. The Morgan fingerprint density at radius 3 is 0.639 bits per heavy atom. The molecule has 2 aromatic carbocycles. The fraction of sp³-hybridized carbons (Fsp3) is 0.831. The third kappa shape index (κ3) is 95.1. The van der Waals surface area contributed by atoms with Crippen molar-refractivity contribution in [2.75, 3.05) is 0 Å². The van der Waals surface area contributed by atoms with Gasteiger partial charge in [-0.25, -0.2) is 0 Å². The molecule has 0 aliphatic rings. The van der Waals surface area contributed by atoms with Gasteiger partial charge in [0, 0.05) is 24.0 Å². The molecule has 0 N–H and O–H groups in total. The maximum absolute atomic E-state index is 10.3. The van der Waals surface area contributed by atoms with E-state index in [1.807, 2.05) is 0 Å². The Bertz CT molecular complexity index is 2700. The molecule has 3 heteroatoms. The fourth-order valence-corrected chi connectivity index (χ4v) is 19.7. The maximum Gasteiger partial charge on any atom is 2.00 e. The van der Waals surface area contributed by atoms with Crippen LogP contribution in [0, 0.1) is 37.5 Å². The van der Waals surface area contributed by atoms with Crippen LogP contribution in [-0.2, 0) is 33.3 Å². The first-order chi connectivity index (χ1) is 65.4. The molecule has 0 saturated heterocycles. The summed E-state index contributed by atoms with van der Waals surface area (Å²) >= 11 is 0. The van der Waals surface area contributed by atoms with Crippen LogP contribution in [0.3, 0.4) is 0 Å². The van der Waals surface area contributed by atoms with Crippen molar-refractivity contribution in [2.24, 2.45) is 0 Å². The minimum Gasteiger partial charge on any atom is -0.348 e. The first kappa shape index (κ1) is 132. The molecule has 2 aromatic rings. The second kappa shape index (κ2) is 114. The molecule has 0 amide bonds. The zero-order chi connectivity index (χ0) is 95.4. The Morgan fingerprint density at radius 1 is 0.226 bits per heavy atom. The van der Waals surface area contributed by atoms with Crippen molar-refractivity contribution in [3.8, 4) is 23.7 Å². The summed E-state index contributed by atoms with van der Waals surface area (Å²) < 4.78 is 0. The molecule has 0 aromatic heterocycles. The van der Waals surface area contributed by atoms with E-state index in [2.05, 4.69) is 140 Å². The van der Waals surface area contributed by atoms with Gasteiger partial charge in [-0.15, -0.1) is 4.79 Å². The number of aryl methyl sites for hydroxylation is 2. The van der Waals surface area contributed by atoms with Crippen LogP contribution >= 0.6 is 0 Å². The topological polar surface area (TPSA) is 36.4 Å². The second-order valence-corrected chi connectivity index (χ2v) is 41.9. The third-order valence-electron chi connectivity index (χ3n) is 28.6. The summed E-state index contributed by atoms with van der Waals surface area (Å²) in [5.74, 6) is 18.0. The number of allylic oxidation sites excluding steroid dienone is 2. The van der Waals surface area contributed by atoms with Crippen molar-refractivity contribution in [1.29, 1.82) is 0 Å². The van der Waals surface area contributed by atoms with E-state index in [-0.39, 0.29) is 20.4 Å². The Labute approximate surface area is 852 Å². The van der Waals surface area contributed by atoms with Crippen molar-refractivity contribution in [3.63, 3.8) is 0 Å². The normalized spacial score (nSPS) is 11.3. The average Bonchev–Trinajstić information content (AvgIpc) is 0.784. The minimum absolute atomic E-state index is 0. The third-order valence-corrected chi connectivity index (χ3v) is 28.6. The van der Waals surface area contributed by atoms with E-state index < -0.39 is 0 Å². The molecule has 0 bridgehead atoms. The number of hydrogen-bond donors (Lipinski definition) is 0. The van der Waals surface area contributed by atoms with Gasteiger partial charge in [0.2, 0.25) is 0 Å². The molecule has 0 aliphatic heterocycles. The zero-order valence-corrected chi connectivity index (χ0v) is 93.4. The molecule has 2 nitrogen and oxygen atoms in total. The Morgan fingerprint density at radius 2 is 0.421 bits per heavy atom. The molecule has 0 atom stereocenters. The van der Waals surface area contributed by atoms with Crippen LogP contribution in [0.4, 0.5) is 0 Å². The summed E-state index contributed by atoms with van der Waals surface area (Å²) in [6, 6.07) is 14.5. The van der Waals surface area contributed by atoms with Crippen LogP contribution in [0.25, 0.3) is 11.1 Å². The van der Waals surface area contributed by atoms with E-state index in [1.54, 1.807) is 0 Å². The van der Waals surface area contributed by atoms with Crippen LogP contribution in [0.5, 0.6) is 0 Å². The molecule has 0 heterocycles. The monoisotopic (exact) mass is 1930 g/mol. The molecular formula is C130H234N2Pd. The Balaban J connectivity index is 0. The summed E-state index contributed by atoms with van der Waals surface area (Å²) in [6.07, 6.45) is 137. The maximum atomic E-state index is 10.3. The first-order valence-electron chi connectivity index (χ1n) is 60.9. The van der Waals surface area contributed by atoms with E-state index in [4.69, 9.17) is 0 Å². The Kier molecular flexibility index (Phi) is 114. The first-order valence-corrected chi connectivity index (χ1v) is 60.9. The molecule has 0 aliphatic carbocycles. The largest absolute Gasteiger partial charge is 2.00 e. The van der Waals surface area contributed by atoms with Gasteiger partial charge < -0.3 is 19.4 Å². The van der Waals surface area contributed by atoms with Gasteiger partial charge in [0.15, 0.2) is 0 Å². The van der Waals surface area contributed by atoms with Gasteiger partial charge in [-0.1, -0.05) is 649 Å². The van der Waals surface area contributed by atoms with Crippen molar-refractivity contribution in [1.82, 2.24) is 0 Å². The molecule has 133 heavy (non-hydrogen) atoms. The average molecular weight is 1930 g/mol. The van der Waals surface area contributed by atoms with Crippen LogP contribution in [-0.4, -0.2) is 10.7 Å². The minimum atomic E-state index is 0. The smallest absolute Gasteiger partial charge is 0.348 e. The van der Waals surface area contributed by atoms with E-state index in [1.165, 1.54) is 611 Å². The molecule has 2 rings (SSSR count). The number of rotatable bonds is 99. The van der Waals surface area contributed by atoms with Crippen molar-refractivity contribution in [2.45, 2.75) is 697 Å². The molecule has 0 saturated carbocycles. The summed E-state index contributed by atoms with van der Waals surface area (Å²) in [7, 11) is 0. The molecule has 0 unspecified atom stereocenters. The quantitative estimate of drug-likeness (QED) is 0.00925. The van der Waals surface area contributed by atoms with Gasteiger partial charge in [0.25, 0.3) is 0 Å². The fourth-order valence-electron chi connectivity index (χ4n) is 19.7. The van der Waals surface area contributed by atoms with E-state index in [0.717, 1.165) is 80.9 Å². The van der Waals surface area contributed by atoms with Crippen LogP contribution in [0.15, 0.2) is 47.5 Å². The van der Waals surface area contributed by atoms with Crippen LogP contribution in [0.1, 0.15) is 718 Å². The van der Waals surface area contributed by atoms with E-state index >= 15 is 0 Å². The summed E-state index contributed by atoms with van der Waals surface area (Å²) in [5.41, 5.74) is 21.4. The summed E-state index contributed by atoms with van der Waals surface area (Å²) in [5, 5.41) is 0. The van der Waals surface area contributed by atoms with E-state index in [9.17, 15) is 5.53 Å². The van der Waals surface area contributed by atoms with Crippen LogP contribution in [0.2, 0.25) is 0 Å². The van der Waals surface area contributed by atoms with Gasteiger partial charge in [0.1, 0.15) is 0 Å². The van der Waals surface area contributed by atoms with Gasteiger partial charge in [-0.05, 0) is 116 Å².